The van der Waals surface area contributed by atoms with Crippen LogP contribution in [0, 0.1) is 0 Å². The van der Waals surface area contributed by atoms with Gasteiger partial charge in [0.1, 0.15) is 0 Å². The molecule has 0 aromatic carbocycles. The Bertz CT molecular complexity index is 688. The van der Waals surface area contributed by atoms with Gasteiger partial charge >= 0.3 is 0 Å². The molecular weight excluding hydrogens is 318 g/mol. The van der Waals surface area contributed by atoms with Crippen LogP contribution in [0.5, 0.6) is 0 Å². The summed E-state index contributed by atoms with van der Waals surface area (Å²) < 4.78 is 31.0. The minimum absolute atomic E-state index is 0.00967. The van der Waals surface area contributed by atoms with E-state index in [1.54, 1.807) is 4.90 Å². The second-order valence-corrected chi connectivity index (χ2v) is 9.08. The lowest BCUT2D eigenvalue weighted by atomic mass is 9.77. The molecule has 2 heterocycles. The van der Waals surface area contributed by atoms with E-state index in [0.29, 0.717) is 12.8 Å². The van der Waals surface area contributed by atoms with Crippen LogP contribution in [-0.4, -0.2) is 43.4 Å². The first-order valence-electron chi connectivity index (χ1n) is 7.54. The van der Waals surface area contributed by atoms with Crippen molar-refractivity contribution in [3.63, 3.8) is 0 Å². The first kappa shape index (κ1) is 18.0. The van der Waals surface area contributed by atoms with Gasteiger partial charge in [-0.2, -0.15) is 0 Å². The lowest BCUT2D eigenvalue weighted by Crippen LogP contribution is -2.65. The third kappa shape index (κ3) is 3.29. The van der Waals surface area contributed by atoms with Crippen LogP contribution in [0.4, 0.5) is 0 Å². The van der Waals surface area contributed by atoms with E-state index in [0.717, 1.165) is 0 Å². The highest BCUT2D eigenvalue weighted by atomic mass is 32.2. The van der Waals surface area contributed by atoms with Crippen molar-refractivity contribution in [3.05, 3.63) is 17.9 Å². The van der Waals surface area contributed by atoms with Gasteiger partial charge in [0.25, 0.3) is 15.9 Å². The SMILES string of the molecule is CNS(=O)(=O)c1ccc(C(=O)N2C(C)(C)CC(N)CC2(C)C)o1. The molecule has 0 saturated carbocycles. The average molecular weight is 343 g/mol. The van der Waals surface area contributed by atoms with Crippen molar-refractivity contribution in [1.82, 2.24) is 9.62 Å². The first-order chi connectivity index (χ1) is 10.4. The number of amides is 1. The van der Waals surface area contributed by atoms with E-state index in [1.807, 2.05) is 27.7 Å². The minimum Gasteiger partial charge on any atom is -0.438 e. The van der Waals surface area contributed by atoms with Crippen molar-refractivity contribution >= 4 is 15.9 Å². The maximum atomic E-state index is 12.9. The molecule has 0 spiro atoms. The van der Waals surface area contributed by atoms with Gasteiger partial charge in [-0.05, 0) is 59.7 Å². The molecule has 1 amide bonds. The Balaban J connectivity index is 2.39. The molecular formula is C15H25N3O4S. The second kappa shape index (κ2) is 5.61. The van der Waals surface area contributed by atoms with Crippen LogP contribution in [0.15, 0.2) is 21.6 Å². The second-order valence-electron chi connectivity index (χ2n) is 7.26. The van der Waals surface area contributed by atoms with Crippen molar-refractivity contribution in [2.24, 2.45) is 5.73 Å². The number of nitrogens with two attached hydrogens (primary N) is 1. The fourth-order valence-corrected chi connectivity index (χ4v) is 4.35. The number of sulfonamides is 1. The molecule has 7 nitrogen and oxygen atoms in total. The predicted molar refractivity (Wildman–Crippen MR) is 86.5 cm³/mol. The Morgan fingerprint density at radius 1 is 1.26 bits per heavy atom. The monoisotopic (exact) mass is 343 g/mol. The standard InChI is InChI=1S/C15H25N3O4S/c1-14(2)8-10(16)9-15(3,4)18(14)13(19)11-6-7-12(22-11)23(20,21)17-5/h6-7,10,17H,8-9,16H2,1-5H3. The highest BCUT2D eigenvalue weighted by Crippen LogP contribution is 2.39. The molecule has 0 aliphatic carbocycles. The maximum absolute atomic E-state index is 12.9. The first-order valence-corrected chi connectivity index (χ1v) is 9.03. The number of likely N-dealkylation sites (tertiary alicyclic amines) is 1. The molecule has 0 bridgehead atoms. The molecule has 3 N–H and O–H groups in total. The molecule has 8 heteroatoms. The van der Waals surface area contributed by atoms with E-state index in [4.69, 9.17) is 10.2 Å². The quantitative estimate of drug-likeness (QED) is 0.861. The number of piperidine rings is 1. The van der Waals surface area contributed by atoms with Crippen LogP contribution in [-0.2, 0) is 10.0 Å². The van der Waals surface area contributed by atoms with Crippen molar-refractivity contribution < 1.29 is 17.6 Å². The predicted octanol–water partition coefficient (Wildman–Crippen LogP) is 1.31. The van der Waals surface area contributed by atoms with E-state index in [9.17, 15) is 13.2 Å². The molecule has 0 radical (unpaired) electrons. The molecule has 1 aromatic heterocycles. The molecule has 1 aliphatic rings. The van der Waals surface area contributed by atoms with Crippen molar-refractivity contribution in [1.29, 1.82) is 0 Å². The lowest BCUT2D eigenvalue weighted by Gasteiger charge is -2.54. The highest BCUT2D eigenvalue weighted by molar-refractivity contribution is 7.89. The fourth-order valence-electron chi connectivity index (χ4n) is 3.70. The third-order valence-corrected chi connectivity index (χ3v) is 5.55. The van der Waals surface area contributed by atoms with Crippen LogP contribution in [0.3, 0.4) is 0 Å². The van der Waals surface area contributed by atoms with E-state index in [2.05, 4.69) is 4.72 Å². The van der Waals surface area contributed by atoms with E-state index in [-0.39, 0.29) is 22.8 Å². The number of hydrogen-bond acceptors (Lipinski definition) is 5. The zero-order valence-electron chi connectivity index (χ0n) is 14.2. The van der Waals surface area contributed by atoms with Gasteiger partial charge in [0.15, 0.2) is 5.76 Å². The molecule has 2 rings (SSSR count). The molecule has 1 aromatic rings. The summed E-state index contributed by atoms with van der Waals surface area (Å²) in [6, 6.07) is 2.70. The van der Waals surface area contributed by atoms with Gasteiger partial charge in [0.05, 0.1) is 0 Å². The summed E-state index contributed by atoms with van der Waals surface area (Å²) in [5.41, 5.74) is 5.21. The van der Waals surface area contributed by atoms with Gasteiger partial charge in [-0.25, -0.2) is 13.1 Å². The van der Waals surface area contributed by atoms with Gasteiger partial charge in [-0.3, -0.25) is 4.79 Å². The third-order valence-electron chi connectivity index (χ3n) is 4.26. The number of furan rings is 1. The molecule has 1 fully saturated rings. The van der Waals surface area contributed by atoms with Crippen LogP contribution < -0.4 is 10.5 Å². The van der Waals surface area contributed by atoms with Gasteiger partial charge in [-0.1, -0.05) is 0 Å². The zero-order chi connectivity index (χ0) is 17.6. The minimum atomic E-state index is -3.72. The zero-order valence-corrected chi connectivity index (χ0v) is 15.0. The topological polar surface area (TPSA) is 106 Å². The summed E-state index contributed by atoms with van der Waals surface area (Å²) in [6.07, 6.45) is 1.34. The van der Waals surface area contributed by atoms with Crippen molar-refractivity contribution in [3.8, 4) is 0 Å². The Kier molecular flexibility index (Phi) is 4.38. The molecule has 23 heavy (non-hydrogen) atoms. The van der Waals surface area contributed by atoms with Gasteiger partial charge in [0, 0.05) is 17.1 Å². The van der Waals surface area contributed by atoms with Crippen LogP contribution in [0.2, 0.25) is 0 Å². The largest absolute Gasteiger partial charge is 0.438 e. The van der Waals surface area contributed by atoms with Gasteiger partial charge < -0.3 is 15.1 Å². The Labute approximate surface area is 137 Å². The van der Waals surface area contributed by atoms with Crippen molar-refractivity contribution in [2.75, 3.05) is 7.05 Å². The van der Waals surface area contributed by atoms with Crippen LogP contribution in [0.1, 0.15) is 51.1 Å². The summed E-state index contributed by atoms with van der Waals surface area (Å²) in [5.74, 6) is -0.320. The number of nitrogens with zero attached hydrogens (tertiary/aromatic N) is 1. The lowest BCUT2D eigenvalue weighted by molar-refractivity contribution is -0.0197. The Morgan fingerprint density at radius 2 is 1.78 bits per heavy atom. The molecule has 1 saturated heterocycles. The number of rotatable bonds is 3. The average Bonchev–Trinajstić information content (AvgIpc) is 2.85. The summed E-state index contributed by atoms with van der Waals surface area (Å²) in [6.45, 7) is 7.83. The Morgan fingerprint density at radius 3 is 2.26 bits per heavy atom. The molecule has 0 unspecified atom stereocenters. The van der Waals surface area contributed by atoms with E-state index < -0.39 is 21.1 Å². The number of carbonyl (C=O) groups is 1. The normalized spacial score (nSPS) is 21.4. The van der Waals surface area contributed by atoms with Crippen LogP contribution >= 0.6 is 0 Å². The molecule has 130 valence electrons. The van der Waals surface area contributed by atoms with Crippen LogP contribution in [0.25, 0.3) is 0 Å². The molecule has 1 aliphatic heterocycles. The summed E-state index contributed by atoms with van der Waals surface area (Å²) >= 11 is 0. The fraction of sp³-hybridized carbons (Fsp3) is 0.667. The number of nitrogens with one attached hydrogen (secondary N) is 1. The summed E-state index contributed by atoms with van der Waals surface area (Å²) in [5, 5.41) is -0.271. The smallest absolute Gasteiger partial charge is 0.290 e. The van der Waals surface area contributed by atoms with Gasteiger partial charge in [-0.15, -0.1) is 0 Å². The summed E-state index contributed by atoms with van der Waals surface area (Å²) in [4.78, 5) is 14.7. The maximum Gasteiger partial charge on any atom is 0.290 e. The summed E-state index contributed by atoms with van der Waals surface area (Å²) in [7, 11) is -2.43. The van der Waals surface area contributed by atoms with Gasteiger partial charge in [0.2, 0.25) is 5.09 Å². The Hall–Kier alpha value is -1.38. The molecule has 0 atom stereocenters. The number of carbonyl (C=O) groups excluding carboxylic acids is 1. The van der Waals surface area contributed by atoms with E-state index >= 15 is 0 Å². The highest BCUT2D eigenvalue weighted by Gasteiger charge is 2.47. The number of hydrogen-bond donors (Lipinski definition) is 2. The van der Waals surface area contributed by atoms with Crippen molar-refractivity contribution in [2.45, 2.75) is 62.7 Å². The van der Waals surface area contributed by atoms with E-state index in [1.165, 1.54) is 19.2 Å².